The molecule has 2 aromatic carbocycles. The first-order valence-corrected chi connectivity index (χ1v) is 13.5. The number of carbonyl (C=O) groups is 3. The Hall–Kier alpha value is -3.85. The van der Waals surface area contributed by atoms with E-state index in [0.717, 1.165) is 37.0 Å². The van der Waals surface area contributed by atoms with Crippen LogP contribution in [0.1, 0.15) is 46.5 Å². The van der Waals surface area contributed by atoms with E-state index in [1.54, 1.807) is 17.9 Å². The van der Waals surface area contributed by atoms with Crippen LogP contribution in [0.15, 0.2) is 54.6 Å². The fourth-order valence-corrected chi connectivity index (χ4v) is 6.41. The number of nitrogens with two attached hydrogens (primary N) is 1. The van der Waals surface area contributed by atoms with Crippen LogP contribution in [-0.4, -0.2) is 41.3 Å². The summed E-state index contributed by atoms with van der Waals surface area (Å²) in [6, 6.07) is 17.2. The third-order valence-corrected chi connectivity index (χ3v) is 8.32. The maximum Gasteiger partial charge on any atom is 0.349 e. The number of anilines is 1. The lowest BCUT2D eigenvalue weighted by Crippen LogP contribution is -2.40. The molecule has 0 saturated heterocycles. The van der Waals surface area contributed by atoms with E-state index < -0.39 is 24.6 Å². The molecule has 2 amide bonds. The van der Waals surface area contributed by atoms with Gasteiger partial charge in [0.15, 0.2) is 11.5 Å². The molecule has 4 N–H and O–H groups in total. The molecular weight excluding hydrogens is 504 g/mol. The highest BCUT2D eigenvalue weighted by Crippen LogP contribution is 2.42. The van der Waals surface area contributed by atoms with E-state index in [4.69, 9.17) is 15.6 Å². The van der Waals surface area contributed by atoms with E-state index in [0.29, 0.717) is 40.1 Å². The van der Waals surface area contributed by atoms with Crippen molar-refractivity contribution in [2.75, 3.05) is 18.1 Å². The van der Waals surface area contributed by atoms with Crippen LogP contribution in [-0.2, 0) is 11.2 Å². The fraction of sp³-hybridized carbons (Fsp3) is 0.345. The number of hydrogen-bond acceptors (Lipinski definition) is 5. The maximum absolute atomic E-state index is 12.6. The minimum Gasteiger partial charge on any atom is -0.480 e. The van der Waals surface area contributed by atoms with Gasteiger partial charge in [0.2, 0.25) is 0 Å². The number of carboxylic acid groups (broad SMARTS) is 2. The number of hydrogen-bond donors (Lipinski definition) is 3. The molecule has 0 radical (unpaired) electrons. The van der Waals surface area contributed by atoms with Crippen molar-refractivity contribution < 1.29 is 29.3 Å². The standard InChI is InChI=1S/C29H32N2O6S/c1-18-25(37-17-24(32)33)27(28(34)35)38-26(18)22-11-6-12-23(15-22)31(29(30)36)16-21-10-5-9-20(14-21)13-19-7-3-2-4-8-19/h2-4,6-8,11-12,15,20-21H,5,9-10,13-14,16-17H2,1H3,(H2,30,36)(H,32,33)(H,34,35). The molecule has 0 bridgehead atoms. The normalized spacial score (nSPS) is 17.1. The van der Waals surface area contributed by atoms with Gasteiger partial charge in [-0.25, -0.2) is 14.4 Å². The topological polar surface area (TPSA) is 130 Å². The molecule has 1 fully saturated rings. The SMILES string of the molecule is Cc1c(-c2cccc(N(CC3CCCC(Cc4ccccc4)C3)C(N)=O)c2)sc(C(=O)O)c1OCC(=O)O. The zero-order valence-corrected chi connectivity index (χ0v) is 22.1. The van der Waals surface area contributed by atoms with Gasteiger partial charge in [-0.05, 0) is 61.3 Å². The van der Waals surface area contributed by atoms with Crippen LogP contribution in [0, 0.1) is 18.8 Å². The summed E-state index contributed by atoms with van der Waals surface area (Å²) in [4.78, 5) is 37.5. The summed E-state index contributed by atoms with van der Waals surface area (Å²) in [7, 11) is 0. The van der Waals surface area contributed by atoms with Gasteiger partial charge in [0.1, 0.15) is 5.75 Å². The lowest BCUT2D eigenvalue weighted by Gasteiger charge is -2.33. The molecule has 1 aromatic heterocycles. The summed E-state index contributed by atoms with van der Waals surface area (Å²) in [5, 5.41) is 18.6. The second-order valence-electron chi connectivity index (χ2n) is 9.79. The van der Waals surface area contributed by atoms with Crippen molar-refractivity contribution in [1.82, 2.24) is 0 Å². The first-order valence-electron chi connectivity index (χ1n) is 12.7. The lowest BCUT2D eigenvalue weighted by atomic mass is 9.78. The number of ether oxygens (including phenoxy) is 1. The highest BCUT2D eigenvalue weighted by molar-refractivity contribution is 7.18. The Morgan fingerprint density at radius 3 is 2.47 bits per heavy atom. The highest BCUT2D eigenvalue weighted by Gasteiger charge is 2.27. The second-order valence-corrected chi connectivity index (χ2v) is 10.8. The molecule has 1 aliphatic carbocycles. The van der Waals surface area contributed by atoms with E-state index in [-0.39, 0.29) is 10.6 Å². The van der Waals surface area contributed by atoms with Crippen molar-refractivity contribution in [2.45, 2.75) is 39.0 Å². The minimum absolute atomic E-state index is 0.0451. The summed E-state index contributed by atoms with van der Waals surface area (Å²) in [6.07, 6.45) is 5.37. The molecule has 2 atom stereocenters. The molecule has 38 heavy (non-hydrogen) atoms. The summed E-state index contributed by atoms with van der Waals surface area (Å²) in [6.45, 7) is 1.57. The van der Waals surface area contributed by atoms with Gasteiger partial charge in [0.25, 0.3) is 0 Å². The van der Waals surface area contributed by atoms with Gasteiger partial charge >= 0.3 is 18.0 Å². The van der Waals surface area contributed by atoms with Crippen molar-refractivity contribution in [1.29, 1.82) is 0 Å². The van der Waals surface area contributed by atoms with Crippen molar-refractivity contribution in [3.05, 3.63) is 70.6 Å². The van der Waals surface area contributed by atoms with Crippen LogP contribution in [0.2, 0.25) is 0 Å². The second kappa shape index (κ2) is 12.1. The summed E-state index contributed by atoms with van der Waals surface area (Å²) in [5.41, 5.74) is 9.04. The predicted octanol–water partition coefficient (Wildman–Crippen LogP) is 5.82. The lowest BCUT2D eigenvalue weighted by molar-refractivity contribution is -0.139. The summed E-state index contributed by atoms with van der Waals surface area (Å²) >= 11 is 1.01. The number of benzene rings is 2. The number of aromatic carboxylic acids is 1. The van der Waals surface area contributed by atoms with Crippen molar-refractivity contribution in [2.24, 2.45) is 17.6 Å². The van der Waals surface area contributed by atoms with Gasteiger partial charge in [-0.3, -0.25) is 4.90 Å². The molecule has 1 heterocycles. The molecule has 0 aliphatic heterocycles. The van der Waals surface area contributed by atoms with Crippen molar-refractivity contribution in [3.8, 4) is 16.2 Å². The van der Waals surface area contributed by atoms with Crippen LogP contribution in [0.4, 0.5) is 10.5 Å². The molecule has 2 unspecified atom stereocenters. The Morgan fingerprint density at radius 2 is 1.79 bits per heavy atom. The van der Waals surface area contributed by atoms with E-state index in [9.17, 15) is 19.5 Å². The van der Waals surface area contributed by atoms with Gasteiger partial charge in [0.05, 0.1) is 0 Å². The van der Waals surface area contributed by atoms with Crippen LogP contribution >= 0.6 is 11.3 Å². The number of carboxylic acids is 2. The van der Waals surface area contributed by atoms with Crippen LogP contribution < -0.4 is 15.4 Å². The fourth-order valence-electron chi connectivity index (χ4n) is 5.32. The number of primary amides is 1. The molecule has 0 spiro atoms. The van der Waals surface area contributed by atoms with Crippen LogP contribution in [0.5, 0.6) is 5.75 Å². The molecule has 200 valence electrons. The predicted molar refractivity (Wildman–Crippen MR) is 147 cm³/mol. The van der Waals surface area contributed by atoms with E-state index in [1.165, 1.54) is 12.0 Å². The molecule has 4 rings (SSSR count). The Morgan fingerprint density at radius 1 is 1.05 bits per heavy atom. The number of rotatable bonds is 10. The van der Waals surface area contributed by atoms with Gasteiger partial charge in [-0.2, -0.15) is 0 Å². The van der Waals surface area contributed by atoms with Crippen LogP contribution in [0.25, 0.3) is 10.4 Å². The Bertz CT molecular complexity index is 1310. The Kier molecular flexibility index (Phi) is 8.68. The van der Waals surface area contributed by atoms with Gasteiger partial charge in [-0.15, -0.1) is 11.3 Å². The number of aliphatic carboxylic acids is 1. The summed E-state index contributed by atoms with van der Waals surface area (Å²) in [5.74, 6) is -1.46. The third-order valence-electron chi connectivity index (χ3n) is 7.01. The van der Waals surface area contributed by atoms with E-state index in [2.05, 4.69) is 24.3 Å². The molecule has 8 nitrogen and oxygen atoms in total. The number of amides is 2. The number of thiophene rings is 1. The first kappa shape index (κ1) is 27.2. The monoisotopic (exact) mass is 536 g/mol. The van der Waals surface area contributed by atoms with Gasteiger partial charge < -0.3 is 20.7 Å². The largest absolute Gasteiger partial charge is 0.480 e. The molecule has 1 aliphatic rings. The Balaban J connectivity index is 1.55. The smallest absolute Gasteiger partial charge is 0.349 e. The minimum atomic E-state index is -1.19. The number of urea groups is 1. The molecule has 9 heteroatoms. The third kappa shape index (κ3) is 6.52. The van der Waals surface area contributed by atoms with Gasteiger partial charge in [0, 0.05) is 22.7 Å². The molecular formula is C29H32N2O6S. The highest BCUT2D eigenvalue weighted by atomic mass is 32.1. The summed E-state index contributed by atoms with van der Waals surface area (Å²) < 4.78 is 5.31. The average molecular weight is 537 g/mol. The van der Waals surface area contributed by atoms with Crippen molar-refractivity contribution in [3.63, 3.8) is 0 Å². The first-order chi connectivity index (χ1) is 18.2. The zero-order valence-electron chi connectivity index (χ0n) is 21.3. The molecule has 3 aromatic rings. The number of carbonyl (C=O) groups excluding carboxylic acids is 1. The quantitative estimate of drug-likeness (QED) is 0.299. The van der Waals surface area contributed by atoms with Crippen LogP contribution in [0.3, 0.4) is 0 Å². The molecule has 1 saturated carbocycles. The zero-order chi connectivity index (χ0) is 27.2. The number of nitrogens with zero attached hydrogens (tertiary/aromatic N) is 1. The maximum atomic E-state index is 12.6. The van der Waals surface area contributed by atoms with E-state index in [1.807, 2.05) is 24.3 Å². The average Bonchev–Trinajstić information content (AvgIpc) is 3.23. The van der Waals surface area contributed by atoms with E-state index >= 15 is 0 Å². The van der Waals surface area contributed by atoms with Gasteiger partial charge in [-0.1, -0.05) is 55.3 Å². The Labute approximate surface area is 225 Å². The van der Waals surface area contributed by atoms with Crippen molar-refractivity contribution >= 4 is 35.0 Å².